The van der Waals surface area contributed by atoms with Crippen LogP contribution < -0.4 is 11.3 Å². The van der Waals surface area contributed by atoms with Crippen molar-refractivity contribution in [2.75, 3.05) is 5.73 Å². The highest BCUT2D eigenvalue weighted by atomic mass is 32.1. The molecule has 0 saturated carbocycles. The molecule has 0 bridgehead atoms. The van der Waals surface area contributed by atoms with E-state index in [1.54, 1.807) is 23.2 Å². The summed E-state index contributed by atoms with van der Waals surface area (Å²) in [5, 5.41) is 1.95. The molecule has 3 rings (SSSR count). The van der Waals surface area contributed by atoms with Crippen molar-refractivity contribution in [1.29, 1.82) is 0 Å². The van der Waals surface area contributed by atoms with Gasteiger partial charge < -0.3 is 5.73 Å². The van der Waals surface area contributed by atoms with Gasteiger partial charge in [0.2, 0.25) is 0 Å². The van der Waals surface area contributed by atoms with E-state index < -0.39 is 0 Å². The second kappa shape index (κ2) is 4.47. The van der Waals surface area contributed by atoms with Gasteiger partial charge in [-0.25, -0.2) is 9.97 Å². The normalized spacial score (nSPS) is 11.0. The molecule has 0 fully saturated rings. The third kappa shape index (κ3) is 2.10. The Morgan fingerprint density at radius 1 is 1.37 bits per heavy atom. The van der Waals surface area contributed by atoms with Crippen LogP contribution in [0.4, 0.5) is 5.82 Å². The monoisotopic (exact) mass is 272 g/mol. The van der Waals surface area contributed by atoms with Gasteiger partial charge in [0.05, 0.1) is 18.4 Å². The van der Waals surface area contributed by atoms with E-state index in [1.807, 2.05) is 18.4 Å². The highest BCUT2D eigenvalue weighted by molar-refractivity contribution is 7.17. The zero-order valence-electron chi connectivity index (χ0n) is 10.3. The highest BCUT2D eigenvalue weighted by Gasteiger charge is 2.08. The Kier molecular flexibility index (Phi) is 2.79. The molecule has 0 spiro atoms. The lowest BCUT2D eigenvalue weighted by atomic mass is 10.2. The molecule has 2 N–H and O–H groups in total. The minimum Gasteiger partial charge on any atom is -0.384 e. The number of nitrogens with zero attached hydrogens (tertiary/aromatic N) is 3. The fraction of sp³-hybridized carbons (Fsp3) is 0.154. The lowest BCUT2D eigenvalue weighted by Gasteiger charge is -2.05. The topological polar surface area (TPSA) is 73.8 Å². The van der Waals surface area contributed by atoms with Gasteiger partial charge in [-0.15, -0.1) is 11.3 Å². The lowest BCUT2D eigenvalue weighted by molar-refractivity contribution is 0.747. The second-order valence-electron chi connectivity index (χ2n) is 4.37. The molecule has 3 aromatic heterocycles. The van der Waals surface area contributed by atoms with Gasteiger partial charge in [-0.05, 0) is 29.5 Å². The molecule has 3 heterocycles. The predicted molar refractivity (Wildman–Crippen MR) is 76.4 cm³/mol. The average Bonchev–Trinajstić information content (AvgIpc) is 2.78. The van der Waals surface area contributed by atoms with E-state index in [4.69, 9.17) is 5.73 Å². The van der Waals surface area contributed by atoms with Crippen LogP contribution in [-0.4, -0.2) is 14.5 Å². The Morgan fingerprint density at radius 3 is 2.95 bits per heavy atom. The molecule has 0 radical (unpaired) electrons. The summed E-state index contributed by atoms with van der Waals surface area (Å²) in [5.74, 6) is 0.471. The van der Waals surface area contributed by atoms with Crippen LogP contribution in [0.5, 0.6) is 0 Å². The van der Waals surface area contributed by atoms with E-state index in [0.29, 0.717) is 17.1 Å². The molecular formula is C13H12N4OS. The fourth-order valence-electron chi connectivity index (χ4n) is 1.90. The Labute approximate surface area is 113 Å². The fourth-order valence-corrected chi connectivity index (χ4v) is 2.85. The Morgan fingerprint density at radius 2 is 2.21 bits per heavy atom. The summed E-state index contributed by atoms with van der Waals surface area (Å²) in [6, 6.07) is 3.58. The molecule has 3 aromatic rings. The molecule has 0 saturated heterocycles. The maximum absolute atomic E-state index is 12.3. The SMILES string of the molecule is Cc1csc2c(=O)n(Cc3ccc(N)nc3)cnc12. The standard InChI is InChI=1S/C13H12N4OS/c1-8-6-19-12-11(8)16-7-17(13(12)18)5-9-2-3-10(14)15-4-9/h2-4,6-7H,5H2,1H3,(H2,14,15). The summed E-state index contributed by atoms with van der Waals surface area (Å²) in [5.41, 5.74) is 8.28. The minimum atomic E-state index is -0.0140. The average molecular weight is 272 g/mol. The predicted octanol–water partition coefficient (Wildman–Crippen LogP) is 1.79. The van der Waals surface area contributed by atoms with Gasteiger partial charge in [0.1, 0.15) is 10.5 Å². The van der Waals surface area contributed by atoms with Crippen LogP contribution in [-0.2, 0) is 6.54 Å². The number of nitrogen functional groups attached to an aromatic ring is 1. The molecule has 0 amide bonds. The molecule has 19 heavy (non-hydrogen) atoms. The molecule has 0 aromatic carbocycles. The van der Waals surface area contributed by atoms with Gasteiger partial charge in [0.25, 0.3) is 5.56 Å². The molecule has 6 heteroatoms. The maximum atomic E-state index is 12.3. The first-order chi connectivity index (χ1) is 9.15. The highest BCUT2D eigenvalue weighted by Crippen LogP contribution is 2.19. The van der Waals surface area contributed by atoms with Crippen LogP contribution in [0.1, 0.15) is 11.1 Å². The van der Waals surface area contributed by atoms with Crippen molar-refractivity contribution in [3.8, 4) is 0 Å². The van der Waals surface area contributed by atoms with Gasteiger partial charge in [0.15, 0.2) is 0 Å². The lowest BCUT2D eigenvalue weighted by Crippen LogP contribution is -2.20. The molecule has 5 nitrogen and oxygen atoms in total. The number of thiophene rings is 1. The number of hydrogen-bond acceptors (Lipinski definition) is 5. The molecule has 0 aliphatic heterocycles. The van der Waals surface area contributed by atoms with Gasteiger partial charge in [-0.2, -0.15) is 0 Å². The van der Waals surface area contributed by atoms with Crippen LogP contribution in [0.15, 0.2) is 34.8 Å². The number of anilines is 1. The summed E-state index contributed by atoms with van der Waals surface area (Å²) in [4.78, 5) is 20.7. The van der Waals surface area contributed by atoms with Gasteiger partial charge in [-0.1, -0.05) is 6.07 Å². The van der Waals surface area contributed by atoms with Crippen LogP contribution in [0.25, 0.3) is 10.2 Å². The number of hydrogen-bond donors (Lipinski definition) is 1. The first-order valence-electron chi connectivity index (χ1n) is 5.79. The zero-order chi connectivity index (χ0) is 13.4. The molecule has 0 aliphatic carbocycles. The quantitative estimate of drug-likeness (QED) is 0.772. The van der Waals surface area contributed by atoms with E-state index in [0.717, 1.165) is 16.6 Å². The molecule has 0 atom stereocenters. The first kappa shape index (κ1) is 11.9. The van der Waals surface area contributed by atoms with Crippen LogP contribution in [0.2, 0.25) is 0 Å². The van der Waals surface area contributed by atoms with Crippen LogP contribution in [0, 0.1) is 6.92 Å². The van der Waals surface area contributed by atoms with E-state index >= 15 is 0 Å². The van der Waals surface area contributed by atoms with Crippen molar-refractivity contribution in [3.05, 3.63) is 51.5 Å². The number of nitrogens with two attached hydrogens (primary N) is 1. The molecular weight excluding hydrogens is 260 g/mol. The molecule has 0 aliphatic rings. The van der Waals surface area contributed by atoms with Crippen molar-refractivity contribution < 1.29 is 0 Å². The van der Waals surface area contributed by atoms with Crippen LogP contribution in [0.3, 0.4) is 0 Å². The Bertz CT molecular complexity index is 789. The number of rotatable bonds is 2. The zero-order valence-corrected chi connectivity index (χ0v) is 11.1. The minimum absolute atomic E-state index is 0.0140. The molecule has 0 unspecified atom stereocenters. The third-order valence-electron chi connectivity index (χ3n) is 2.92. The van der Waals surface area contributed by atoms with Gasteiger partial charge in [-0.3, -0.25) is 9.36 Å². The Hall–Kier alpha value is -2.21. The first-order valence-corrected chi connectivity index (χ1v) is 6.67. The summed E-state index contributed by atoms with van der Waals surface area (Å²) < 4.78 is 2.29. The van der Waals surface area contributed by atoms with Crippen molar-refractivity contribution in [3.63, 3.8) is 0 Å². The number of aryl methyl sites for hydroxylation is 1. The number of pyridine rings is 1. The Balaban J connectivity index is 2.04. The second-order valence-corrected chi connectivity index (χ2v) is 5.25. The molecule has 96 valence electrons. The van der Waals surface area contributed by atoms with E-state index in [1.165, 1.54) is 11.3 Å². The van der Waals surface area contributed by atoms with Crippen molar-refractivity contribution in [2.45, 2.75) is 13.5 Å². The largest absolute Gasteiger partial charge is 0.384 e. The van der Waals surface area contributed by atoms with Crippen molar-refractivity contribution >= 4 is 27.4 Å². The summed E-state index contributed by atoms with van der Waals surface area (Å²) in [7, 11) is 0. The maximum Gasteiger partial charge on any atom is 0.271 e. The van der Waals surface area contributed by atoms with Crippen molar-refractivity contribution in [1.82, 2.24) is 14.5 Å². The van der Waals surface area contributed by atoms with Crippen LogP contribution >= 0.6 is 11.3 Å². The van der Waals surface area contributed by atoms with Gasteiger partial charge in [0, 0.05) is 6.20 Å². The van der Waals surface area contributed by atoms with Crippen molar-refractivity contribution in [2.24, 2.45) is 0 Å². The van der Waals surface area contributed by atoms with E-state index in [9.17, 15) is 4.79 Å². The summed E-state index contributed by atoms with van der Waals surface area (Å²) in [6.07, 6.45) is 3.26. The third-order valence-corrected chi connectivity index (χ3v) is 4.00. The van der Waals surface area contributed by atoms with E-state index in [-0.39, 0.29) is 5.56 Å². The summed E-state index contributed by atoms with van der Waals surface area (Å²) in [6.45, 7) is 2.41. The smallest absolute Gasteiger partial charge is 0.271 e. The summed E-state index contributed by atoms with van der Waals surface area (Å²) >= 11 is 1.44. The number of aromatic nitrogens is 3. The number of fused-ring (bicyclic) bond motifs is 1. The van der Waals surface area contributed by atoms with E-state index in [2.05, 4.69) is 9.97 Å². The van der Waals surface area contributed by atoms with Gasteiger partial charge >= 0.3 is 0 Å².